The fourth-order valence-electron chi connectivity index (χ4n) is 6.26. The Labute approximate surface area is 215 Å². The molecule has 3 fully saturated rings. The molecule has 0 amide bonds. The second kappa shape index (κ2) is 11.8. The molecule has 0 aromatic heterocycles. The van der Waals surface area contributed by atoms with Crippen LogP contribution in [-0.4, -0.2) is 33.2 Å². The first-order chi connectivity index (χ1) is 16.9. The van der Waals surface area contributed by atoms with Gasteiger partial charge in [-0.2, -0.15) is 0 Å². The second-order valence-corrected chi connectivity index (χ2v) is 12.5. The topological polar surface area (TPSA) is 112 Å². The quantitative estimate of drug-likeness (QED) is 0.396. The molecule has 6 rings (SSSR count). The number of hydrogen-bond donors (Lipinski definition) is 3. The van der Waals surface area contributed by atoms with E-state index in [-0.39, 0.29) is 0 Å². The van der Waals surface area contributed by atoms with Crippen molar-refractivity contribution >= 4 is 17.9 Å². The summed E-state index contributed by atoms with van der Waals surface area (Å²) in [7, 11) is 0. The average molecular weight is 501 g/mol. The number of aliphatic carboxylic acids is 3. The summed E-state index contributed by atoms with van der Waals surface area (Å²) in [5, 5.41) is 26.0. The number of rotatable bonds is 3. The Hall–Kier alpha value is -2.37. The summed E-state index contributed by atoms with van der Waals surface area (Å²) in [4.78, 5) is 31.6. The predicted octanol–water partition coefficient (Wildman–Crippen LogP) is 6.72. The minimum Gasteiger partial charge on any atom is -0.478 e. The standard InChI is InChI=1S/3C8H10O2.C6H14/c3*9-8(10)7-4-5-1-2-6(7)3-5;1-5-6(2,3)4/h3*4-6H,1-3H2,(H,9,10);5H2,1-4H3. The zero-order chi connectivity index (χ0) is 26.6. The van der Waals surface area contributed by atoms with Crippen molar-refractivity contribution in [2.24, 2.45) is 40.9 Å². The van der Waals surface area contributed by atoms with Gasteiger partial charge < -0.3 is 15.3 Å². The van der Waals surface area contributed by atoms with E-state index in [1.165, 1.54) is 25.7 Å². The van der Waals surface area contributed by atoms with Gasteiger partial charge in [-0.15, -0.1) is 0 Å². The predicted molar refractivity (Wildman–Crippen MR) is 139 cm³/mol. The minimum atomic E-state index is -0.702. The first kappa shape index (κ1) is 28.2. The van der Waals surface area contributed by atoms with Gasteiger partial charge in [0.25, 0.3) is 0 Å². The van der Waals surface area contributed by atoms with E-state index in [1.54, 1.807) is 0 Å². The third-order valence-corrected chi connectivity index (χ3v) is 8.79. The van der Waals surface area contributed by atoms with Gasteiger partial charge >= 0.3 is 17.9 Å². The molecule has 6 aliphatic rings. The Balaban J connectivity index is 0.000000136. The molecule has 0 saturated heterocycles. The molecule has 3 saturated carbocycles. The van der Waals surface area contributed by atoms with Crippen molar-refractivity contribution in [1.29, 1.82) is 0 Å². The fourth-order valence-corrected chi connectivity index (χ4v) is 6.26. The first-order valence-electron chi connectivity index (χ1n) is 13.7. The zero-order valence-electron chi connectivity index (χ0n) is 22.3. The molecule has 0 aromatic carbocycles. The summed E-state index contributed by atoms with van der Waals surface area (Å²) >= 11 is 0. The SMILES string of the molecule is CCC(C)(C)C.O=C(O)C1=CC2CCC1C2.O=C(O)C1=CC2CCC1C2.O=C(O)C1=CC2CCC1C2. The monoisotopic (exact) mass is 500 g/mol. The van der Waals surface area contributed by atoms with Crippen molar-refractivity contribution in [2.45, 2.75) is 91.9 Å². The normalized spacial score (nSPS) is 32.2. The lowest BCUT2D eigenvalue weighted by molar-refractivity contribution is -0.134. The molecular formula is C30H44O6. The summed E-state index contributed by atoms with van der Waals surface area (Å²) < 4.78 is 0. The van der Waals surface area contributed by atoms with E-state index < -0.39 is 17.9 Å². The van der Waals surface area contributed by atoms with E-state index in [0.717, 1.165) is 38.5 Å². The lowest BCUT2D eigenvalue weighted by atomic mass is 9.94. The number of allylic oxidation sites excluding steroid dienone is 3. The van der Waals surface area contributed by atoms with E-state index in [4.69, 9.17) is 15.3 Å². The van der Waals surface area contributed by atoms with Crippen LogP contribution in [0, 0.1) is 40.9 Å². The molecule has 200 valence electrons. The molecule has 6 heteroatoms. The summed E-state index contributed by atoms with van der Waals surface area (Å²) in [5.74, 6) is 0.849. The Morgan fingerprint density at radius 2 is 0.889 bits per heavy atom. The lowest BCUT2D eigenvalue weighted by Gasteiger charge is -2.12. The van der Waals surface area contributed by atoms with Crippen LogP contribution in [0.3, 0.4) is 0 Å². The molecule has 6 aliphatic carbocycles. The van der Waals surface area contributed by atoms with Crippen LogP contribution >= 0.6 is 0 Å². The van der Waals surface area contributed by atoms with E-state index in [9.17, 15) is 14.4 Å². The molecule has 0 heterocycles. The number of carboxylic acids is 3. The maximum Gasteiger partial charge on any atom is 0.331 e. The summed E-state index contributed by atoms with van der Waals surface area (Å²) in [6.45, 7) is 8.94. The van der Waals surface area contributed by atoms with Crippen LogP contribution in [-0.2, 0) is 14.4 Å². The van der Waals surface area contributed by atoms with Gasteiger partial charge in [0.15, 0.2) is 0 Å². The highest BCUT2D eigenvalue weighted by atomic mass is 16.4. The van der Waals surface area contributed by atoms with Crippen molar-refractivity contribution in [3.8, 4) is 0 Å². The first-order valence-corrected chi connectivity index (χ1v) is 13.7. The van der Waals surface area contributed by atoms with Gasteiger partial charge in [-0.05, 0) is 98.7 Å². The van der Waals surface area contributed by atoms with Crippen molar-refractivity contribution in [2.75, 3.05) is 0 Å². The van der Waals surface area contributed by atoms with Gasteiger partial charge in [0, 0.05) is 16.7 Å². The van der Waals surface area contributed by atoms with Gasteiger partial charge in [0.1, 0.15) is 0 Å². The highest BCUT2D eigenvalue weighted by Gasteiger charge is 2.37. The molecule has 6 unspecified atom stereocenters. The van der Waals surface area contributed by atoms with Crippen molar-refractivity contribution in [3.63, 3.8) is 0 Å². The molecule has 0 aromatic rings. The molecule has 6 bridgehead atoms. The fraction of sp³-hybridized carbons (Fsp3) is 0.700. The highest BCUT2D eigenvalue weighted by Crippen LogP contribution is 2.45. The number of fused-ring (bicyclic) bond motifs is 6. The molecule has 0 spiro atoms. The van der Waals surface area contributed by atoms with E-state index >= 15 is 0 Å². The largest absolute Gasteiger partial charge is 0.478 e. The van der Waals surface area contributed by atoms with Crippen LogP contribution in [0.5, 0.6) is 0 Å². The maximum atomic E-state index is 10.5. The highest BCUT2D eigenvalue weighted by molar-refractivity contribution is 5.89. The van der Waals surface area contributed by atoms with E-state index in [1.807, 2.05) is 18.2 Å². The summed E-state index contributed by atoms with van der Waals surface area (Å²) in [5.41, 5.74) is 2.57. The second-order valence-electron chi connectivity index (χ2n) is 12.5. The number of carboxylic acid groups (broad SMARTS) is 3. The minimum absolute atomic E-state index is 0.391. The third kappa shape index (κ3) is 7.33. The van der Waals surface area contributed by atoms with Crippen molar-refractivity contribution in [3.05, 3.63) is 34.9 Å². The van der Waals surface area contributed by atoms with Crippen LogP contribution in [0.25, 0.3) is 0 Å². The van der Waals surface area contributed by atoms with E-state index in [0.29, 0.717) is 57.6 Å². The lowest BCUT2D eigenvalue weighted by Crippen LogP contribution is -2.07. The van der Waals surface area contributed by atoms with Gasteiger partial charge in [-0.25, -0.2) is 14.4 Å². The summed E-state index contributed by atoms with van der Waals surface area (Å²) in [6.07, 6.45) is 17.3. The van der Waals surface area contributed by atoms with Gasteiger partial charge in [0.05, 0.1) is 0 Å². The van der Waals surface area contributed by atoms with Crippen LogP contribution < -0.4 is 0 Å². The smallest absolute Gasteiger partial charge is 0.331 e. The third-order valence-electron chi connectivity index (χ3n) is 8.79. The molecule has 0 aliphatic heterocycles. The Morgan fingerprint density at radius 1 is 0.639 bits per heavy atom. The Kier molecular flexibility index (Phi) is 9.23. The van der Waals surface area contributed by atoms with E-state index in [2.05, 4.69) is 27.7 Å². The number of carbonyl (C=O) groups is 3. The zero-order valence-corrected chi connectivity index (χ0v) is 22.3. The molecule has 6 atom stereocenters. The van der Waals surface area contributed by atoms with Crippen LogP contribution in [0.4, 0.5) is 0 Å². The Morgan fingerprint density at radius 3 is 0.972 bits per heavy atom. The molecule has 3 N–H and O–H groups in total. The maximum absolute atomic E-state index is 10.5. The molecule has 36 heavy (non-hydrogen) atoms. The van der Waals surface area contributed by atoms with Gasteiger partial charge in [0.2, 0.25) is 0 Å². The number of hydrogen-bond acceptors (Lipinski definition) is 3. The van der Waals surface area contributed by atoms with Gasteiger partial charge in [-0.1, -0.05) is 52.3 Å². The Bertz CT molecular complexity index is 824. The van der Waals surface area contributed by atoms with Crippen LogP contribution in [0.2, 0.25) is 0 Å². The summed E-state index contributed by atoms with van der Waals surface area (Å²) in [6, 6.07) is 0. The van der Waals surface area contributed by atoms with Crippen LogP contribution in [0.1, 0.15) is 91.9 Å². The van der Waals surface area contributed by atoms with Crippen LogP contribution in [0.15, 0.2) is 34.9 Å². The molecular weight excluding hydrogens is 456 g/mol. The molecule has 0 radical (unpaired) electrons. The van der Waals surface area contributed by atoms with Crippen molar-refractivity contribution in [1.82, 2.24) is 0 Å². The van der Waals surface area contributed by atoms with Crippen molar-refractivity contribution < 1.29 is 29.7 Å². The van der Waals surface area contributed by atoms with Gasteiger partial charge in [-0.3, -0.25) is 0 Å². The average Bonchev–Trinajstić information content (AvgIpc) is 3.67. The molecule has 6 nitrogen and oxygen atoms in total.